The van der Waals surface area contributed by atoms with Crippen LogP contribution in [0.2, 0.25) is 0 Å². The molecule has 1 fully saturated rings. The highest BCUT2D eigenvalue weighted by molar-refractivity contribution is 5.77. The van der Waals surface area contributed by atoms with Crippen LogP contribution in [0.1, 0.15) is 25.3 Å². The van der Waals surface area contributed by atoms with E-state index in [2.05, 4.69) is 24.0 Å². The summed E-state index contributed by atoms with van der Waals surface area (Å²) in [6.45, 7) is 6.17. The van der Waals surface area contributed by atoms with Gasteiger partial charge >= 0.3 is 0 Å². The Balaban J connectivity index is 2.10. The van der Waals surface area contributed by atoms with Gasteiger partial charge in [-0.1, -0.05) is 37.3 Å². The first-order valence-corrected chi connectivity index (χ1v) is 7.50. The first kappa shape index (κ1) is 15.0. The standard InChI is InChI=1S/C16H25N3O/c1-2-15-13-18(11-9-17)10-8-16(20)19(15)12-14-6-4-3-5-7-14/h3-7,15H,2,8-13,17H2,1H3/t15-/m0/s1. The highest BCUT2D eigenvalue weighted by atomic mass is 16.2. The average molecular weight is 275 g/mol. The van der Waals surface area contributed by atoms with Gasteiger partial charge in [-0.2, -0.15) is 0 Å². The van der Waals surface area contributed by atoms with E-state index in [1.165, 1.54) is 5.56 Å². The molecule has 0 spiro atoms. The lowest BCUT2D eigenvalue weighted by Crippen LogP contribution is -2.43. The second-order valence-electron chi connectivity index (χ2n) is 5.41. The van der Waals surface area contributed by atoms with Gasteiger partial charge in [0.05, 0.1) is 0 Å². The molecular weight excluding hydrogens is 250 g/mol. The van der Waals surface area contributed by atoms with E-state index in [9.17, 15) is 4.79 Å². The van der Waals surface area contributed by atoms with E-state index in [1.54, 1.807) is 0 Å². The topological polar surface area (TPSA) is 49.6 Å². The van der Waals surface area contributed by atoms with Crippen LogP contribution in [-0.2, 0) is 11.3 Å². The van der Waals surface area contributed by atoms with Gasteiger partial charge in [0.25, 0.3) is 0 Å². The highest BCUT2D eigenvalue weighted by Gasteiger charge is 2.28. The Bertz CT molecular complexity index is 421. The average Bonchev–Trinajstić information content (AvgIpc) is 2.62. The number of carbonyl (C=O) groups excluding carboxylic acids is 1. The molecule has 1 saturated heterocycles. The third kappa shape index (κ3) is 3.81. The Morgan fingerprint density at radius 3 is 2.70 bits per heavy atom. The number of benzene rings is 1. The third-order valence-corrected chi connectivity index (χ3v) is 3.98. The second-order valence-corrected chi connectivity index (χ2v) is 5.41. The van der Waals surface area contributed by atoms with Gasteiger partial charge in [-0.3, -0.25) is 9.69 Å². The van der Waals surface area contributed by atoms with Crippen LogP contribution < -0.4 is 5.73 Å². The van der Waals surface area contributed by atoms with Crippen molar-refractivity contribution in [3.8, 4) is 0 Å². The van der Waals surface area contributed by atoms with Crippen LogP contribution in [-0.4, -0.2) is 47.9 Å². The lowest BCUT2D eigenvalue weighted by Gasteiger charge is -2.31. The van der Waals surface area contributed by atoms with Crippen LogP contribution >= 0.6 is 0 Å². The van der Waals surface area contributed by atoms with Crippen LogP contribution in [0, 0.1) is 0 Å². The van der Waals surface area contributed by atoms with E-state index in [0.29, 0.717) is 19.5 Å². The predicted molar refractivity (Wildman–Crippen MR) is 81.2 cm³/mol. The van der Waals surface area contributed by atoms with Gasteiger partial charge < -0.3 is 10.6 Å². The Kier molecular flexibility index (Phi) is 5.56. The fourth-order valence-corrected chi connectivity index (χ4v) is 2.82. The zero-order valence-electron chi connectivity index (χ0n) is 12.3. The van der Waals surface area contributed by atoms with E-state index in [4.69, 9.17) is 5.73 Å². The summed E-state index contributed by atoms with van der Waals surface area (Å²) in [5, 5.41) is 0. The number of hydrogen-bond acceptors (Lipinski definition) is 3. The third-order valence-electron chi connectivity index (χ3n) is 3.98. The van der Waals surface area contributed by atoms with Crippen molar-refractivity contribution in [1.82, 2.24) is 9.80 Å². The molecule has 0 unspecified atom stereocenters. The first-order chi connectivity index (χ1) is 9.74. The van der Waals surface area contributed by atoms with Gasteiger partial charge in [0.15, 0.2) is 0 Å². The number of carbonyl (C=O) groups is 1. The van der Waals surface area contributed by atoms with Crippen molar-refractivity contribution in [2.24, 2.45) is 5.73 Å². The Morgan fingerprint density at radius 1 is 1.30 bits per heavy atom. The number of amides is 1. The van der Waals surface area contributed by atoms with Crippen molar-refractivity contribution >= 4 is 5.91 Å². The van der Waals surface area contributed by atoms with Crippen molar-refractivity contribution in [3.63, 3.8) is 0 Å². The number of nitrogens with two attached hydrogens (primary N) is 1. The van der Waals surface area contributed by atoms with Gasteiger partial charge in [0, 0.05) is 45.2 Å². The van der Waals surface area contributed by atoms with Gasteiger partial charge in [0.1, 0.15) is 0 Å². The summed E-state index contributed by atoms with van der Waals surface area (Å²) in [7, 11) is 0. The quantitative estimate of drug-likeness (QED) is 0.885. The van der Waals surface area contributed by atoms with Gasteiger partial charge in [-0.25, -0.2) is 0 Å². The maximum absolute atomic E-state index is 12.4. The molecule has 1 amide bonds. The summed E-state index contributed by atoms with van der Waals surface area (Å²) < 4.78 is 0. The summed E-state index contributed by atoms with van der Waals surface area (Å²) in [6.07, 6.45) is 1.59. The van der Waals surface area contributed by atoms with Gasteiger partial charge in [-0.15, -0.1) is 0 Å². The smallest absolute Gasteiger partial charge is 0.224 e. The lowest BCUT2D eigenvalue weighted by molar-refractivity contribution is -0.133. The molecule has 20 heavy (non-hydrogen) atoms. The van der Waals surface area contributed by atoms with E-state index >= 15 is 0 Å². The largest absolute Gasteiger partial charge is 0.334 e. The van der Waals surface area contributed by atoms with E-state index in [0.717, 1.165) is 26.1 Å². The fourth-order valence-electron chi connectivity index (χ4n) is 2.82. The Hall–Kier alpha value is -1.39. The van der Waals surface area contributed by atoms with Crippen molar-refractivity contribution < 1.29 is 4.79 Å². The number of nitrogens with zero attached hydrogens (tertiary/aromatic N) is 2. The molecule has 0 aliphatic carbocycles. The minimum atomic E-state index is 0.264. The highest BCUT2D eigenvalue weighted by Crippen LogP contribution is 2.17. The number of hydrogen-bond donors (Lipinski definition) is 1. The molecule has 4 nitrogen and oxygen atoms in total. The molecule has 0 aromatic heterocycles. The molecule has 1 heterocycles. The normalized spacial score (nSPS) is 21.0. The maximum atomic E-state index is 12.4. The van der Waals surface area contributed by atoms with E-state index in [-0.39, 0.29) is 11.9 Å². The molecule has 4 heteroatoms. The van der Waals surface area contributed by atoms with Crippen molar-refractivity contribution in [2.75, 3.05) is 26.2 Å². The van der Waals surface area contributed by atoms with Crippen molar-refractivity contribution in [2.45, 2.75) is 32.4 Å². The molecule has 0 radical (unpaired) electrons. The molecule has 0 saturated carbocycles. The van der Waals surface area contributed by atoms with E-state index < -0.39 is 0 Å². The summed E-state index contributed by atoms with van der Waals surface area (Å²) in [6, 6.07) is 10.5. The molecule has 1 aromatic rings. The fraction of sp³-hybridized carbons (Fsp3) is 0.562. The Labute approximate surface area is 121 Å². The minimum absolute atomic E-state index is 0.264. The van der Waals surface area contributed by atoms with Crippen molar-refractivity contribution in [3.05, 3.63) is 35.9 Å². The van der Waals surface area contributed by atoms with Crippen LogP contribution in [0.15, 0.2) is 30.3 Å². The lowest BCUT2D eigenvalue weighted by atomic mass is 10.1. The molecule has 0 bridgehead atoms. The van der Waals surface area contributed by atoms with Gasteiger partial charge in [-0.05, 0) is 12.0 Å². The minimum Gasteiger partial charge on any atom is -0.334 e. The maximum Gasteiger partial charge on any atom is 0.224 e. The molecule has 1 aliphatic rings. The molecule has 2 N–H and O–H groups in total. The monoisotopic (exact) mass is 275 g/mol. The second kappa shape index (κ2) is 7.41. The summed E-state index contributed by atoms with van der Waals surface area (Å²) >= 11 is 0. The summed E-state index contributed by atoms with van der Waals surface area (Å²) in [4.78, 5) is 16.8. The number of rotatable bonds is 5. The zero-order valence-corrected chi connectivity index (χ0v) is 12.3. The molecular formula is C16H25N3O. The van der Waals surface area contributed by atoms with Crippen LogP contribution in [0.5, 0.6) is 0 Å². The molecule has 1 atom stereocenters. The Morgan fingerprint density at radius 2 is 2.05 bits per heavy atom. The SMILES string of the molecule is CC[C@H]1CN(CCN)CCC(=O)N1Cc1ccccc1. The van der Waals surface area contributed by atoms with E-state index in [1.807, 2.05) is 23.1 Å². The molecule has 2 rings (SSSR count). The molecule has 1 aromatic carbocycles. The van der Waals surface area contributed by atoms with Crippen LogP contribution in [0.3, 0.4) is 0 Å². The summed E-state index contributed by atoms with van der Waals surface area (Å²) in [5.74, 6) is 0.264. The van der Waals surface area contributed by atoms with Crippen LogP contribution in [0.25, 0.3) is 0 Å². The molecule has 110 valence electrons. The predicted octanol–water partition coefficient (Wildman–Crippen LogP) is 1.46. The summed E-state index contributed by atoms with van der Waals surface area (Å²) in [5.41, 5.74) is 6.85. The van der Waals surface area contributed by atoms with Crippen LogP contribution in [0.4, 0.5) is 0 Å². The zero-order chi connectivity index (χ0) is 14.4. The first-order valence-electron chi connectivity index (χ1n) is 7.50. The molecule has 1 aliphatic heterocycles. The van der Waals surface area contributed by atoms with Crippen molar-refractivity contribution in [1.29, 1.82) is 0 Å². The van der Waals surface area contributed by atoms with Gasteiger partial charge in [0.2, 0.25) is 5.91 Å².